The molecule has 1 atom stereocenters. The summed E-state index contributed by atoms with van der Waals surface area (Å²) >= 11 is 1.78. The van der Waals surface area contributed by atoms with Gasteiger partial charge in [0.1, 0.15) is 5.75 Å². The molecule has 0 aliphatic carbocycles. The van der Waals surface area contributed by atoms with Crippen LogP contribution in [0.4, 0.5) is 0 Å². The van der Waals surface area contributed by atoms with Crippen LogP contribution >= 0.6 is 11.3 Å². The van der Waals surface area contributed by atoms with Crippen LogP contribution in [0.2, 0.25) is 0 Å². The number of hydrogen-bond donors (Lipinski definition) is 1. The molecule has 0 aliphatic heterocycles. The summed E-state index contributed by atoms with van der Waals surface area (Å²) in [7, 11) is 0. The minimum atomic E-state index is 0.203. The monoisotopic (exact) mass is 275 g/mol. The number of rotatable bonds is 6. The molecule has 0 saturated heterocycles. The fraction of sp³-hybridized carbons (Fsp3) is 0.375. The van der Waals surface area contributed by atoms with Gasteiger partial charge in [0.05, 0.1) is 12.1 Å². The third kappa shape index (κ3) is 3.82. The van der Waals surface area contributed by atoms with Gasteiger partial charge in [-0.1, -0.05) is 25.1 Å². The largest absolute Gasteiger partial charge is 0.491 e. The maximum absolute atomic E-state index is 5.78. The first kappa shape index (κ1) is 14.1. The maximum atomic E-state index is 5.78. The van der Waals surface area contributed by atoms with Crippen molar-refractivity contribution in [2.24, 2.45) is 0 Å². The van der Waals surface area contributed by atoms with Crippen LogP contribution in [0.15, 0.2) is 41.8 Å². The van der Waals surface area contributed by atoms with Crippen LogP contribution in [0.25, 0.3) is 0 Å². The Morgan fingerprint density at radius 2 is 2.05 bits per heavy atom. The van der Waals surface area contributed by atoms with Crippen LogP contribution in [-0.2, 0) is 0 Å². The second kappa shape index (κ2) is 6.73. The first-order chi connectivity index (χ1) is 9.20. The van der Waals surface area contributed by atoms with Crippen LogP contribution in [0.5, 0.6) is 5.75 Å². The molecule has 102 valence electrons. The minimum absolute atomic E-state index is 0.203. The molecule has 0 saturated carbocycles. The molecule has 0 radical (unpaired) electrons. The molecule has 19 heavy (non-hydrogen) atoms. The third-order valence-electron chi connectivity index (χ3n) is 2.80. The van der Waals surface area contributed by atoms with Gasteiger partial charge in [-0.25, -0.2) is 0 Å². The molecule has 0 bridgehead atoms. The van der Waals surface area contributed by atoms with E-state index in [2.05, 4.69) is 48.0 Å². The average Bonchev–Trinajstić information content (AvgIpc) is 2.89. The Labute approximate surface area is 119 Å². The van der Waals surface area contributed by atoms with Crippen molar-refractivity contribution < 1.29 is 4.74 Å². The van der Waals surface area contributed by atoms with Crippen LogP contribution < -0.4 is 10.1 Å². The van der Waals surface area contributed by atoms with E-state index in [4.69, 9.17) is 4.74 Å². The van der Waals surface area contributed by atoms with Crippen molar-refractivity contribution in [1.82, 2.24) is 5.32 Å². The highest BCUT2D eigenvalue weighted by molar-refractivity contribution is 7.10. The molecule has 1 aromatic heterocycles. The lowest BCUT2D eigenvalue weighted by atomic mass is 10.0. The number of thiophene rings is 1. The first-order valence-corrected chi connectivity index (χ1v) is 7.62. The smallest absolute Gasteiger partial charge is 0.120 e. The normalized spacial score (nSPS) is 12.6. The van der Waals surface area contributed by atoms with Crippen LogP contribution in [-0.4, -0.2) is 12.6 Å². The molecule has 2 rings (SSSR count). The van der Waals surface area contributed by atoms with E-state index in [9.17, 15) is 0 Å². The van der Waals surface area contributed by atoms with Gasteiger partial charge in [0.25, 0.3) is 0 Å². The van der Waals surface area contributed by atoms with Crippen molar-refractivity contribution in [2.75, 3.05) is 6.54 Å². The Bertz CT molecular complexity index is 493. The Hall–Kier alpha value is -1.32. The molecule has 2 aromatic rings. The summed E-state index contributed by atoms with van der Waals surface area (Å²) in [6.07, 6.45) is 0.203. The van der Waals surface area contributed by atoms with E-state index >= 15 is 0 Å². The van der Waals surface area contributed by atoms with Gasteiger partial charge in [-0.05, 0) is 49.5 Å². The first-order valence-electron chi connectivity index (χ1n) is 6.74. The lowest BCUT2D eigenvalue weighted by molar-refractivity contribution is 0.242. The molecule has 1 heterocycles. The summed E-state index contributed by atoms with van der Waals surface area (Å²) < 4.78 is 5.78. The maximum Gasteiger partial charge on any atom is 0.120 e. The number of ether oxygens (including phenoxy) is 1. The molecule has 1 N–H and O–H groups in total. The van der Waals surface area contributed by atoms with E-state index in [0.717, 1.165) is 12.3 Å². The third-order valence-corrected chi connectivity index (χ3v) is 3.74. The molecular formula is C16H21NOS. The van der Waals surface area contributed by atoms with Crippen molar-refractivity contribution in [2.45, 2.75) is 32.9 Å². The summed E-state index contributed by atoms with van der Waals surface area (Å²) in [5.74, 6) is 0.937. The van der Waals surface area contributed by atoms with Gasteiger partial charge in [0.15, 0.2) is 0 Å². The lowest BCUT2D eigenvalue weighted by Gasteiger charge is -2.18. The quantitative estimate of drug-likeness (QED) is 0.851. The van der Waals surface area contributed by atoms with Crippen molar-refractivity contribution in [3.63, 3.8) is 0 Å². The van der Waals surface area contributed by atoms with Gasteiger partial charge < -0.3 is 10.1 Å². The SMILES string of the molecule is CCNC(c1cccc(OC(C)C)c1)c1cccs1. The molecule has 2 nitrogen and oxygen atoms in total. The average molecular weight is 275 g/mol. The summed E-state index contributed by atoms with van der Waals surface area (Å²) in [6.45, 7) is 7.17. The van der Waals surface area contributed by atoms with Gasteiger partial charge in [-0.3, -0.25) is 0 Å². The summed E-state index contributed by atoms with van der Waals surface area (Å²) in [5, 5.41) is 5.66. The van der Waals surface area contributed by atoms with Crippen LogP contribution in [0, 0.1) is 0 Å². The second-order valence-electron chi connectivity index (χ2n) is 4.75. The fourth-order valence-corrected chi connectivity index (χ4v) is 2.91. The summed E-state index contributed by atoms with van der Waals surface area (Å²) in [6, 6.07) is 12.9. The molecule has 1 unspecified atom stereocenters. The molecular weight excluding hydrogens is 254 g/mol. The van der Waals surface area contributed by atoms with E-state index in [-0.39, 0.29) is 12.1 Å². The van der Waals surface area contributed by atoms with Crippen molar-refractivity contribution in [3.8, 4) is 5.75 Å². The topological polar surface area (TPSA) is 21.3 Å². The Morgan fingerprint density at radius 3 is 2.68 bits per heavy atom. The second-order valence-corrected chi connectivity index (χ2v) is 5.72. The standard InChI is InChI=1S/C16H21NOS/c1-4-17-16(15-9-6-10-19-15)13-7-5-8-14(11-13)18-12(2)3/h5-12,16-17H,4H2,1-3H3. The highest BCUT2D eigenvalue weighted by Gasteiger charge is 2.14. The predicted octanol–water partition coefficient (Wildman–Crippen LogP) is 4.23. The van der Waals surface area contributed by atoms with E-state index in [1.807, 2.05) is 19.9 Å². The zero-order chi connectivity index (χ0) is 13.7. The Morgan fingerprint density at radius 1 is 1.21 bits per heavy atom. The van der Waals surface area contributed by atoms with E-state index in [1.54, 1.807) is 11.3 Å². The predicted molar refractivity (Wildman–Crippen MR) is 82.0 cm³/mol. The molecule has 1 aromatic carbocycles. The molecule has 0 spiro atoms. The zero-order valence-corrected chi connectivity index (χ0v) is 12.5. The number of hydrogen-bond acceptors (Lipinski definition) is 3. The lowest BCUT2D eigenvalue weighted by Crippen LogP contribution is -2.21. The molecule has 3 heteroatoms. The van der Waals surface area contributed by atoms with E-state index in [0.29, 0.717) is 0 Å². The van der Waals surface area contributed by atoms with E-state index < -0.39 is 0 Å². The molecule has 0 amide bonds. The Balaban J connectivity index is 2.26. The fourth-order valence-electron chi connectivity index (χ4n) is 2.08. The minimum Gasteiger partial charge on any atom is -0.491 e. The van der Waals surface area contributed by atoms with Crippen LogP contribution in [0.3, 0.4) is 0 Å². The Kier molecular flexibility index (Phi) is 5.00. The van der Waals surface area contributed by atoms with Crippen LogP contribution in [0.1, 0.15) is 37.3 Å². The molecule has 0 aliphatic rings. The van der Waals surface area contributed by atoms with Gasteiger partial charge in [0.2, 0.25) is 0 Å². The van der Waals surface area contributed by atoms with Crippen molar-refractivity contribution >= 4 is 11.3 Å². The number of benzene rings is 1. The zero-order valence-electron chi connectivity index (χ0n) is 11.7. The highest BCUT2D eigenvalue weighted by atomic mass is 32.1. The number of nitrogens with one attached hydrogen (secondary N) is 1. The van der Waals surface area contributed by atoms with Gasteiger partial charge in [-0.15, -0.1) is 11.3 Å². The highest BCUT2D eigenvalue weighted by Crippen LogP contribution is 2.28. The van der Waals surface area contributed by atoms with E-state index in [1.165, 1.54) is 10.4 Å². The van der Waals surface area contributed by atoms with Crippen molar-refractivity contribution in [3.05, 3.63) is 52.2 Å². The van der Waals surface area contributed by atoms with Gasteiger partial charge in [-0.2, -0.15) is 0 Å². The summed E-state index contributed by atoms with van der Waals surface area (Å²) in [5.41, 5.74) is 1.25. The van der Waals surface area contributed by atoms with Gasteiger partial charge >= 0.3 is 0 Å². The summed E-state index contributed by atoms with van der Waals surface area (Å²) in [4.78, 5) is 1.34. The van der Waals surface area contributed by atoms with Gasteiger partial charge in [0, 0.05) is 4.88 Å². The molecule has 0 fully saturated rings. The van der Waals surface area contributed by atoms with Crippen molar-refractivity contribution in [1.29, 1.82) is 0 Å².